The van der Waals surface area contributed by atoms with Crippen LogP contribution in [0.25, 0.3) is 0 Å². The summed E-state index contributed by atoms with van der Waals surface area (Å²) in [7, 11) is 2.10. The van der Waals surface area contributed by atoms with E-state index in [1.165, 1.54) is 47.6 Å². The van der Waals surface area contributed by atoms with Gasteiger partial charge < -0.3 is 5.32 Å². The first-order valence-corrected chi connectivity index (χ1v) is 9.74. The maximum atomic E-state index is 3.52. The van der Waals surface area contributed by atoms with Crippen LogP contribution in [0.1, 0.15) is 39.8 Å². The van der Waals surface area contributed by atoms with E-state index in [0.717, 1.165) is 0 Å². The van der Waals surface area contributed by atoms with E-state index in [1.807, 2.05) is 11.3 Å². The zero-order chi connectivity index (χ0) is 14.5. The molecule has 0 bridgehead atoms. The van der Waals surface area contributed by atoms with Crippen LogP contribution in [0.3, 0.4) is 0 Å². The van der Waals surface area contributed by atoms with Crippen LogP contribution in [0.15, 0.2) is 36.4 Å². The Bertz CT molecular complexity index is 538. The topological polar surface area (TPSA) is 12.0 Å². The van der Waals surface area contributed by atoms with Crippen molar-refractivity contribution in [3.05, 3.63) is 57.3 Å². The molecule has 112 valence electrons. The number of fused-ring (bicyclic) bond motifs is 1. The summed E-state index contributed by atoms with van der Waals surface area (Å²) in [6.45, 7) is 0. The van der Waals surface area contributed by atoms with E-state index in [1.54, 1.807) is 10.4 Å². The molecule has 1 aliphatic rings. The Kier molecular flexibility index (Phi) is 5.39. The van der Waals surface area contributed by atoms with Crippen molar-refractivity contribution in [3.8, 4) is 0 Å². The number of thioether (sulfide) groups is 1. The van der Waals surface area contributed by atoms with Gasteiger partial charge in [-0.05, 0) is 55.7 Å². The third kappa shape index (κ3) is 3.91. The quantitative estimate of drug-likeness (QED) is 0.819. The fourth-order valence-electron chi connectivity index (χ4n) is 2.93. The summed E-state index contributed by atoms with van der Waals surface area (Å²) in [4.78, 5) is 3.17. The van der Waals surface area contributed by atoms with Crippen LogP contribution < -0.4 is 5.32 Å². The number of rotatable bonds is 6. The number of aryl methyl sites for hydroxylation is 2. The highest BCUT2D eigenvalue weighted by Gasteiger charge is 2.18. The molecule has 2 aromatic rings. The Morgan fingerprint density at radius 1 is 1.24 bits per heavy atom. The minimum atomic E-state index is 0.523. The summed E-state index contributed by atoms with van der Waals surface area (Å²) >= 11 is 4.11. The average Bonchev–Trinajstić information content (AvgIpc) is 2.96. The lowest BCUT2D eigenvalue weighted by Gasteiger charge is -2.14. The number of hydrogen-bond donors (Lipinski definition) is 1. The maximum Gasteiger partial charge on any atom is 0.0412 e. The molecule has 3 heteroatoms. The summed E-state index contributed by atoms with van der Waals surface area (Å²) in [5.74, 6) is 2.51. The van der Waals surface area contributed by atoms with Crippen molar-refractivity contribution in [2.24, 2.45) is 0 Å². The van der Waals surface area contributed by atoms with Gasteiger partial charge in [-0.15, -0.1) is 11.3 Å². The SMILES string of the molecule is CNC(CCCc1ccccc1)c1cc2c(s1)CCSC2. The van der Waals surface area contributed by atoms with E-state index >= 15 is 0 Å². The molecule has 3 rings (SSSR count). The number of thiophene rings is 1. The standard InChI is InChI=1S/C18H23NS2/c1-19-16(9-5-8-14-6-3-2-4-7-14)18-12-15-13-20-11-10-17(15)21-18/h2-4,6-7,12,16,19H,5,8-11,13H2,1H3. The molecule has 0 radical (unpaired) electrons. The van der Waals surface area contributed by atoms with Crippen LogP contribution in [-0.4, -0.2) is 12.8 Å². The molecule has 0 aliphatic carbocycles. The molecular formula is C18H23NS2. The van der Waals surface area contributed by atoms with Crippen molar-refractivity contribution in [1.82, 2.24) is 5.32 Å². The fourth-order valence-corrected chi connectivity index (χ4v) is 5.45. The summed E-state index contributed by atoms with van der Waals surface area (Å²) in [6, 6.07) is 13.8. The molecule has 0 amide bonds. The predicted molar refractivity (Wildman–Crippen MR) is 95.4 cm³/mol. The van der Waals surface area contributed by atoms with Crippen LogP contribution in [0, 0.1) is 0 Å². The minimum Gasteiger partial charge on any atom is -0.312 e. The fraction of sp³-hybridized carbons (Fsp3) is 0.444. The van der Waals surface area contributed by atoms with Gasteiger partial charge in [0.25, 0.3) is 0 Å². The summed E-state index contributed by atoms with van der Waals surface area (Å²) in [5.41, 5.74) is 3.05. The van der Waals surface area contributed by atoms with E-state index in [0.29, 0.717) is 6.04 Å². The Balaban J connectivity index is 1.58. The first-order valence-electron chi connectivity index (χ1n) is 7.77. The lowest BCUT2D eigenvalue weighted by Crippen LogP contribution is -2.15. The molecule has 1 aromatic carbocycles. The molecule has 1 unspecified atom stereocenters. The highest BCUT2D eigenvalue weighted by atomic mass is 32.2. The lowest BCUT2D eigenvalue weighted by atomic mass is 10.0. The van der Waals surface area contributed by atoms with Crippen molar-refractivity contribution >= 4 is 23.1 Å². The molecule has 1 nitrogen and oxygen atoms in total. The molecule has 1 atom stereocenters. The monoisotopic (exact) mass is 317 g/mol. The van der Waals surface area contributed by atoms with E-state index in [-0.39, 0.29) is 0 Å². The normalized spacial score (nSPS) is 15.7. The first kappa shape index (κ1) is 15.1. The van der Waals surface area contributed by atoms with Crippen LogP contribution in [-0.2, 0) is 18.6 Å². The van der Waals surface area contributed by atoms with Crippen LogP contribution in [0.2, 0.25) is 0 Å². The van der Waals surface area contributed by atoms with Crippen molar-refractivity contribution < 1.29 is 0 Å². The molecular weight excluding hydrogens is 294 g/mol. The second-order valence-corrected chi connectivity index (χ2v) is 7.89. The number of hydrogen-bond acceptors (Lipinski definition) is 3. The van der Waals surface area contributed by atoms with E-state index in [9.17, 15) is 0 Å². The van der Waals surface area contributed by atoms with Crippen molar-refractivity contribution in [3.63, 3.8) is 0 Å². The lowest BCUT2D eigenvalue weighted by molar-refractivity contribution is 0.534. The predicted octanol–water partition coefficient (Wildman–Crippen LogP) is 4.82. The van der Waals surface area contributed by atoms with Crippen molar-refractivity contribution in [1.29, 1.82) is 0 Å². The molecule has 0 spiro atoms. The first-order chi connectivity index (χ1) is 10.4. The summed E-state index contributed by atoms with van der Waals surface area (Å²) in [6.07, 6.45) is 4.91. The summed E-state index contributed by atoms with van der Waals surface area (Å²) in [5, 5.41) is 3.52. The zero-order valence-corrected chi connectivity index (χ0v) is 14.2. The smallest absolute Gasteiger partial charge is 0.0412 e. The highest BCUT2D eigenvalue weighted by Crippen LogP contribution is 2.35. The Morgan fingerprint density at radius 2 is 2.10 bits per heavy atom. The second-order valence-electron chi connectivity index (χ2n) is 5.62. The highest BCUT2D eigenvalue weighted by molar-refractivity contribution is 7.98. The van der Waals surface area contributed by atoms with Gasteiger partial charge in [-0.25, -0.2) is 0 Å². The van der Waals surface area contributed by atoms with Gasteiger partial charge in [-0.2, -0.15) is 11.8 Å². The van der Waals surface area contributed by atoms with Crippen LogP contribution >= 0.6 is 23.1 Å². The average molecular weight is 318 g/mol. The van der Waals surface area contributed by atoms with Gasteiger partial charge in [0.1, 0.15) is 0 Å². The molecule has 0 fully saturated rings. The zero-order valence-electron chi connectivity index (χ0n) is 12.6. The maximum absolute atomic E-state index is 3.52. The molecule has 21 heavy (non-hydrogen) atoms. The van der Waals surface area contributed by atoms with Crippen LogP contribution in [0.4, 0.5) is 0 Å². The molecule has 1 aromatic heterocycles. The largest absolute Gasteiger partial charge is 0.312 e. The van der Waals surface area contributed by atoms with Gasteiger partial charge in [0, 0.05) is 21.5 Å². The number of benzene rings is 1. The Morgan fingerprint density at radius 3 is 2.86 bits per heavy atom. The van der Waals surface area contributed by atoms with Gasteiger partial charge in [-0.3, -0.25) is 0 Å². The summed E-state index contributed by atoms with van der Waals surface area (Å²) < 4.78 is 0. The molecule has 1 aliphatic heterocycles. The van der Waals surface area contributed by atoms with E-state index < -0.39 is 0 Å². The van der Waals surface area contributed by atoms with Crippen LogP contribution in [0.5, 0.6) is 0 Å². The van der Waals surface area contributed by atoms with Gasteiger partial charge in [0.15, 0.2) is 0 Å². The molecule has 0 saturated carbocycles. The molecule has 0 saturated heterocycles. The van der Waals surface area contributed by atoms with Gasteiger partial charge in [-0.1, -0.05) is 30.3 Å². The van der Waals surface area contributed by atoms with Gasteiger partial charge in [0.2, 0.25) is 0 Å². The molecule has 1 N–H and O–H groups in total. The second kappa shape index (κ2) is 7.48. The Labute approximate surface area is 136 Å². The van der Waals surface area contributed by atoms with Gasteiger partial charge >= 0.3 is 0 Å². The third-order valence-corrected chi connectivity index (χ3v) is 6.50. The van der Waals surface area contributed by atoms with E-state index in [4.69, 9.17) is 0 Å². The van der Waals surface area contributed by atoms with Crippen molar-refractivity contribution in [2.75, 3.05) is 12.8 Å². The van der Waals surface area contributed by atoms with E-state index in [2.05, 4.69) is 60.5 Å². The third-order valence-electron chi connectivity index (χ3n) is 4.14. The van der Waals surface area contributed by atoms with Crippen molar-refractivity contribution in [2.45, 2.75) is 37.5 Å². The van der Waals surface area contributed by atoms with Gasteiger partial charge in [0.05, 0.1) is 0 Å². The molecule has 2 heterocycles. The number of nitrogens with one attached hydrogen (secondary N) is 1. The Hall–Kier alpha value is -0.770. The minimum absolute atomic E-state index is 0.523.